The Labute approximate surface area is 138 Å². The first-order valence-electron chi connectivity index (χ1n) is 8.67. The van der Waals surface area contributed by atoms with Gasteiger partial charge in [-0.05, 0) is 37.9 Å². The van der Waals surface area contributed by atoms with Gasteiger partial charge in [-0.2, -0.15) is 0 Å². The SMILES string of the molecule is CN1C[C@@H]2COC[C@H](C1)N(C(=O)CCCCc1cccnc1)C2. The number of hydrogen-bond donors (Lipinski definition) is 0. The van der Waals surface area contributed by atoms with Crippen LogP contribution in [0.2, 0.25) is 0 Å². The molecular weight excluding hydrogens is 290 g/mol. The number of aryl methyl sites for hydroxylation is 1. The third-order valence-electron chi connectivity index (χ3n) is 4.80. The van der Waals surface area contributed by atoms with Gasteiger partial charge in [-0.25, -0.2) is 0 Å². The van der Waals surface area contributed by atoms with Gasteiger partial charge in [0.05, 0.1) is 19.3 Å². The summed E-state index contributed by atoms with van der Waals surface area (Å²) in [6.07, 6.45) is 7.33. The van der Waals surface area contributed by atoms with Crippen molar-refractivity contribution in [2.24, 2.45) is 5.92 Å². The normalized spacial score (nSPS) is 25.2. The molecule has 0 aromatic carbocycles. The summed E-state index contributed by atoms with van der Waals surface area (Å²) in [7, 11) is 2.15. The van der Waals surface area contributed by atoms with Crippen LogP contribution < -0.4 is 0 Å². The molecule has 2 atom stereocenters. The first kappa shape index (κ1) is 16.4. The van der Waals surface area contributed by atoms with Crippen LogP contribution in [0.4, 0.5) is 0 Å². The van der Waals surface area contributed by atoms with Crippen molar-refractivity contribution in [1.82, 2.24) is 14.8 Å². The quantitative estimate of drug-likeness (QED) is 0.774. The Morgan fingerprint density at radius 2 is 2.22 bits per heavy atom. The Bertz CT molecular complexity index is 508. The predicted octanol–water partition coefficient (Wildman–Crippen LogP) is 1.58. The minimum Gasteiger partial charge on any atom is -0.379 e. The molecule has 0 aliphatic carbocycles. The third-order valence-corrected chi connectivity index (χ3v) is 4.80. The lowest BCUT2D eigenvalue weighted by molar-refractivity contribution is -0.134. The zero-order valence-corrected chi connectivity index (χ0v) is 14.0. The molecule has 2 aliphatic heterocycles. The smallest absolute Gasteiger partial charge is 0.222 e. The topological polar surface area (TPSA) is 45.7 Å². The standard InChI is InChI=1S/C18H27N3O2/c1-20-10-16-11-21(17(12-20)14-23-13-16)18(22)7-3-2-5-15-6-4-8-19-9-15/h4,6,8-9,16-17H,2-3,5,7,10-14H2,1H3/t16-,17-/m0/s1. The Kier molecular flexibility index (Phi) is 5.62. The maximum absolute atomic E-state index is 12.7. The van der Waals surface area contributed by atoms with Gasteiger partial charge in [-0.1, -0.05) is 6.07 Å². The van der Waals surface area contributed by atoms with E-state index in [9.17, 15) is 4.79 Å². The third kappa shape index (κ3) is 4.52. The van der Waals surface area contributed by atoms with Crippen molar-refractivity contribution in [2.45, 2.75) is 31.7 Å². The van der Waals surface area contributed by atoms with Gasteiger partial charge in [0.25, 0.3) is 0 Å². The second-order valence-electron chi connectivity index (χ2n) is 6.89. The molecule has 2 fully saturated rings. The van der Waals surface area contributed by atoms with Crippen molar-refractivity contribution >= 4 is 5.91 Å². The van der Waals surface area contributed by atoms with Gasteiger partial charge in [0.15, 0.2) is 0 Å². The molecule has 23 heavy (non-hydrogen) atoms. The van der Waals surface area contributed by atoms with E-state index < -0.39 is 0 Å². The number of carbonyl (C=O) groups is 1. The molecule has 0 N–H and O–H groups in total. The molecule has 0 radical (unpaired) electrons. The summed E-state index contributed by atoms with van der Waals surface area (Å²) < 4.78 is 5.75. The van der Waals surface area contributed by atoms with Crippen molar-refractivity contribution in [2.75, 3.05) is 39.9 Å². The molecule has 5 nitrogen and oxygen atoms in total. The number of unbranched alkanes of at least 4 members (excludes halogenated alkanes) is 1. The molecule has 1 aromatic heterocycles. The van der Waals surface area contributed by atoms with Crippen molar-refractivity contribution in [1.29, 1.82) is 0 Å². The fourth-order valence-corrected chi connectivity index (χ4v) is 3.68. The second-order valence-corrected chi connectivity index (χ2v) is 6.89. The van der Waals surface area contributed by atoms with Crippen molar-refractivity contribution in [3.05, 3.63) is 30.1 Å². The highest BCUT2D eigenvalue weighted by Crippen LogP contribution is 2.20. The van der Waals surface area contributed by atoms with Crippen molar-refractivity contribution in [3.63, 3.8) is 0 Å². The van der Waals surface area contributed by atoms with Crippen LogP contribution in [0.5, 0.6) is 0 Å². The van der Waals surface area contributed by atoms with Gasteiger partial charge < -0.3 is 14.5 Å². The largest absolute Gasteiger partial charge is 0.379 e. The molecule has 2 bridgehead atoms. The highest BCUT2D eigenvalue weighted by molar-refractivity contribution is 5.76. The van der Waals surface area contributed by atoms with Gasteiger partial charge in [0.2, 0.25) is 5.91 Å². The maximum Gasteiger partial charge on any atom is 0.222 e. The zero-order chi connectivity index (χ0) is 16.1. The van der Waals surface area contributed by atoms with E-state index in [4.69, 9.17) is 4.74 Å². The highest BCUT2D eigenvalue weighted by atomic mass is 16.5. The fraction of sp³-hybridized carbons (Fsp3) is 0.667. The van der Waals surface area contributed by atoms with Crippen LogP contribution in [-0.2, 0) is 16.0 Å². The number of aromatic nitrogens is 1. The molecule has 0 saturated carbocycles. The lowest BCUT2D eigenvalue weighted by Crippen LogP contribution is -2.45. The van der Waals surface area contributed by atoms with Gasteiger partial charge >= 0.3 is 0 Å². The molecule has 0 unspecified atom stereocenters. The van der Waals surface area contributed by atoms with E-state index in [1.165, 1.54) is 5.56 Å². The lowest BCUT2D eigenvalue weighted by Gasteiger charge is -2.29. The van der Waals surface area contributed by atoms with Crippen molar-refractivity contribution < 1.29 is 9.53 Å². The first-order chi connectivity index (χ1) is 11.2. The Hall–Kier alpha value is -1.46. The number of rotatable bonds is 5. The maximum atomic E-state index is 12.7. The summed E-state index contributed by atoms with van der Waals surface area (Å²) in [6, 6.07) is 4.28. The van der Waals surface area contributed by atoms with Gasteiger partial charge in [0, 0.05) is 44.4 Å². The molecule has 5 heteroatoms. The van der Waals surface area contributed by atoms with Crippen LogP contribution in [-0.4, -0.2) is 66.6 Å². The van der Waals surface area contributed by atoms with E-state index in [0.717, 1.165) is 45.5 Å². The van der Waals surface area contributed by atoms with Crippen LogP contribution in [0.1, 0.15) is 24.8 Å². The minimum absolute atomic E-state index is 0.221. The van der Waals surface area contributed by atoms with E-state index in [-0.39, 0.29) is 6.04 Å². The predicted molar refractivity (Wildman–Crippen MR) is 89.1 cm³/mol. The van der Waals surface area contributed by atoms with E-state index in [0.29, 0.717) is 24.9 Å². The molecule has 3 heterocycles. The lowest BCUT2D eigenvalue weighted by atomic mass is 10.1. The molecule has 2 saturated heterocycles. The fourth-order valence-electron chi connectivity index (χ4n) is 3.68. The average molecular weight is 317 g/mol. The number of ether oxygens (including phenoxy) is 1. The number of nitrogens with zero attached hydrogens (tertiary/aromatic N) is 3. The van der Waals surface area contributed by atoms with Crippen molar-refractivity contribution in [3.8, 4) is 0 Å². The zero-order valence-electron chi connectivity index (χ0n) is 14.0. The van der Waals surface area contributed by atoms with Gasteiger partial charge in [-0.3, -0.25) is 9.78 Å². The van der Waals surface area contributed by atoms with Crippen LogP contribution in [0.25, 0.3) is 0 Å². The summed E-state index contributed by atoms with van der Waals surface area (Å²) in [5.41, 5.74) is 1.25. The number of hydrogen-bond acceptors (Lipinski definition) is 4. The van der Waals surface area contributed by atoms with Crippen LogP contribution in [0, 0.1) is 5.92 Å². The average Bonchev–Trinajstić information content (AvgIpc) is 2.82. The molecular formula is C18H27N3O2. The monoisotopic (exact) mass is 317 g/mol. The molecule has 3 rings (SSSR count). The Morgan fingerprint density at radius 3 is 3.04 bits per heavy atom. The summed E-state index contributed by atoms with van der Waals surface area (Å²) in [5.74, 6) is 0.749. The Balaban J connectivity index is 1.47. The van der Waals surface area contributed by atoms with Crippen LogP contribution in [0.3, 0.4) is 0 Å². The highest BCUT2D eigenvalue weighted by Gasteiger charge is 2.34. The molecule has 126 valence electrons. The molecule has 0 spiro atoms. The molecule has 2 aliphatic rings. The molecule has 1 amide bonds. The first-order valence-corrected chi connectivity index (χ1v) is 8.67. The molecule has 1 aromatic rings. The number of pyridine rings is 1. The second kappa shape index (κ2) is 7.88. The van der Waals surface area contributed by atoms with Gasteiger partial charge in [0.1, 0.15) is 0 Å². The summed E-state index contributed by atoms with van der Waals surface area (Å²) in [6.45, 7) is 4.28. The van der Waals surface area contributed by atoms with Gasteiger partial charge in [-0.15, -0.1) is 0 Å². The van der Waals surface area contributed by atoms with Crippen LogP contribution >= 0.6 is 0 Å². The van der Waals surface area contributed by atoms with E-state index in [1.54, 1.807) is 6.20 Å². The number of carbonyl (C=O) groups excluding carboxylic acids is 1. The van der Waals surface area contributed by atoms with E-state index in [2.05, 4.69) is 27.9 Å². The summed E-state index contributed by atoms with van der Waals surface area (Å²) in [5, 5.41) is 0. The Morgan fingerprint density at radius 1 is 1.30 bits per heavy atom. The van der Waals surface area contributed by atoms with Crippen LogP contribution in [0.15, 0.2) is 24.5 Å². The minimum atomic E-state index is 0.221. The van der Waals surface area contributed by atoms with E-state index >= 15 is 0 Å². The van der Waals surface area contributed by atoms with E-state index in [1.807, 2.05) is 12.3 Å². The summed E-state index contributed by atoms with van der Waals surface area (Å²) >= 11 is 0. The number of likely N-dealkylation sites (N-methyl/N-ethyl adjacent to an activating group) is 1. The number of fused-ring (bicyclic) bond motifs is 3. The summed E-state index contributed by atoms with van der Waals surface area (Å²) in [4.78, 5) is 21.2. The number of amides is 1.